The highest BCUT2D eigenvalue weighted by molar-refractivity contribution is 6.04. The second-order valence-electron chi connectivity index (χ2n) is 8.13. The molecule has 0 aliphatic heterocycles. The molecule has 0 aliphatic rings. The van der Waals surface area contributed by atoms with Crippen LogP contribution in [-0.4, -0.2) is 47.3 Å². The smallest absolute Gasteiger partial charge is 0.256 e. The van der Waals surface area contributed by atoms with Crippen LogP contribution in [0.15, 0.2) is 85.2 Å². The quantitative estimate of drug-likeness (QED) is 0.346. The Labute approximate surface area is 207 Å². The minimum atomic E-state index is -0.489. The Balaban J connectivity index is 1.47. The number of rotatable bonds is 8. The number of anilines is 2. The summed E-state index contributed by atoms with van der Waals surface area (Å²) in [5.41, 5.74) is 1.67. The van der Waals surface area contributed by atoms with Crippen molar-refractivity contribution in [1.82, 2.24) is 14.9 Å². The summed E-state index contributed by atoms with van der Waals surface area (Å²) in [7, 11) is 3.85. The molecule has 0 aliphatic carbocycles. The predicted octanol–water partition coefficient (Wildman–Crippen LogP) is 4.87. The largest absolute Gasteiger partial charge is 0.457 e. The molecule has 2 N–H and O–H groups in total. The summed E-state index contributed by atoms with van der Waals surface area (Å²) in [4.78, 5) is 34.9. The molecule has 4 rings (SSSR count). The summed E-state index contributed by atoms with van der Waals surface area (Å²) in [5.74, 6) is 0.0279. The molecule has 2 aromatic heterocycles. The highest BCUT2D eigenvalue weighted by Gasteiger charge is 2.10. The van der Waals surface area contributed by atoms with Gasteiger partial charge in [-0.15, -0.1) is 0 Å². The number of nitrogens with zero attached hydrogens (tertiary/aromatic N) is 3. The highest BCUT2D eigenvalue weighted by atomic mass is 19.1. The molecule has 2 amide bonds. The molecule has 0 bridgehead atoms. The van der Waals surface area contributed by atoms with Gasteiger partial charge in [-0.2, -0.15) is 0 Å². The lowest BCUT2D eigenvalue weighted by molar-refractivity contribution is -0.111. The average Bonchev–Trinajstić information content (AvgIpc) is 2.84. The van der Waals surface area contributed by atoms with Gasteiger partial charge in [0.1, 0.15) is 23.1 Å². The van der Waals surface area contributed by atoms with Gasteiger partial charge in [-0.05, 0) is 68.7 Å². The Hall–Kier alpha value is -4.63. The molecular weight excluding hydrogens is 461 g/mol. The van der Waals surface area contributed by atoms with Gasteiger partial charge in [0.2, 0.25) is 5.91 Å². The first-order chi connectivity index (χ1) is 17.4. The number of carbonyl (C=O) groups is 2. The third-order valence-corrected chi connectivity index (χ3v) is 5.02. The summed E-state index contributed by atoms with van der Waals surface area (Å²) in [6.45, 7) is 0.662. The summed E-state index contributed by atoms with van der Waals surface area (Å²) in [5, 5.41) is 6.11. The number of pyridine rings is 2. The van der Waals surface area contributed by atoms with E-state index >= 15 is 0 Å². The molecule has 0 atom stereocenters. The number of nitrogens with one attached hydrogen (secondary N) is 2. The molecule has 0 fully saturated rings. The van der Waals surface area contributed by atoms with Gasteiger partial charge in [0.15, 0.2) is 0 Å². The van der Waals surface area contributed by atoms with Crippen LogP contribution in [-0.2, 0) is 4.79 Å². The lowest BCUT2D eigenvalue weighted by atomic mass is 10.1. The number of halogens is 1. The number of benzene rings is 2. The van der Waals surface area contributed by atoms with Crippen LogP contribution in [0.2, 0.25) is 0 Å². The fraction of sp³-hybridized carbons (Fsp3) is 0.111. The molecule has 2 heterocycles. The second kappa shape index (κ2) is 11.2. The zero-order valence-electron chi connectivity index (χ0n) is 19.7. The summed E-state index contributed by atoms with van der Waals surface area (Å²) < 4.78 is 19.4. The maximum atomic E-state index is 13.3. The van der Waals surface area contributed by atoms with Gasteiger partial charge in [0.05, 0.1) is 5.52 Å². The van der Waals surface area contributed by atoms with Crippen molar-refractivity contribution in [2.45, 2.75) is 0 Å². The first-order valence-electron chi connectivity index (χ1n) is 11.1. The van der Waals surface area contributed by atoms with Crippen molar-refractivity contribution in [2.24, 2.45) is 0 Å². The van der Waals surface area contributed by atoms with Gasteiger partial charge in [-0.25, -0.2) is 9.37 Å². The Morgan fingerprint density at radius 2 is 1.75 bits per heavy atom. The van der Waals surface area contributed by atoms with Crippen LogP contribution in [0.3, 0.4) is 0 Å². The predicted molar refractivity (Wildman–Crippen MR) is 137 cm³/mol. The van der Waals surface area contributed by atoms with Gasteiger partial charge >= 0.3 is 0 Å². The van der Waals surface area contributed by atoms with E-state index in [9.17, 15) is 14.0 Å². The van der Waals surface area contributed by atoms with Crippen molar-refractivity contribution in [2.75, 3.05) is 31.3 Å². The van der Waals surface area contributed by atoms with E-state index in [-0.39, 0.29) is 11.7 Å². The van der Waals surface area contributed by atoms with Gasteiger partial charge in [0.25, 0.3) is 5.91 Å². The Morgan fingerprint density at radius 3 is 2.50 bits per heavy atom. The number of likely N-dealkylation sites (N-methyl/N-ethyl adjacent to an activating group) is 1. The van der Waals surface area contributed by atoms with Crippen LogP contribution in [0.1, 0.15) is 10.4 Å². The number of aromatic nitrogens is 2. The normalized spacial score (nSPS) is 11.1. The van der Waals surface area contributed by atoms with Gasteiger partial charge in [0, 0.05) is 47.7 Å². The van der Waals surface area contributed by atoms with E-state index in [2.05, 4.69) is 20.6 Å². The van der Waals surface area contributed by atoms with E-state index in [0.717, 1.165) is 6.07 Å². The van der Waals surface area contributed by atoms with Crippen molar-refractivity contribution in [3.8, 4) is 11.5 Å². The van der Waals surface area contributed by atoms with Crippen molar-refractivity contribution in [3.63, 3.8) is 0 Å². The van der Waals surface area contributed by atoms with Gasteiger partial charge in [-0.3, -0.25) is 14.6 Å². The minimum absolute atomic E-state index is 0.125. The van der Waals surface area contributed by atoms with Crippen LogP contribution in [0.4, 0.5) is 15.9 Å². The van der Waals surface area contributed by atoms with E-state index in [1.54, 1.807) is 60.8 Å². The fourth-order valence-corrected chi connectivity index (χ4v) is 3.31. The molecule has 2 aromatic carbocycles. The highest BCUT2D eigenvalue weighted by Crippen LogP contribution is 2.31. The lowest BCUT2D eigenvalue weighted by Gasteiger charge is -2.11. The van der Waals surface area contributed by atoms with Crippen LogP contribution in [0.5, 0.6) is 11.5 Å². The number of fused-ring (bicyclic) bond motifs is 1. The zero-order valence-corrected chi connectivity index (χ0v) is 19.7. The number of hydrogen-bond donors (Lipinski definition) is 2. The molecule has 0 radical (unpaired) electrons. The van der Waals surface area contributed by atoms with Crippen LogP contribution < -0.4 is 15.4 Å². The standard InChI is InChI=1S/C27H24FN5O3/c1-33(2)15-3-4-26(34)31-20-7-10-23-22(17-20)24(12-14-29-23)36-21-8-5-18(6-9-21)27(35)32-25-16-19(28)11-13-30-25/h3-14,16-17H,15H2,1-2H3,(H,31,34)(H,30,32,35)/b4-3+. The third-order valence-electron chi connectivity index (χ3n) is 5.02. The second-order valence-corrected chi connectivity index (χ2v) is 8.13. The van der Waals surface area contributed by atoms with Crippen LogP contribution in [0.25, 0.3) is 10.9 Å². The summed E-state index contributed by atoms with van der Waals surface area (Å²) >= 11 is 0. The monoisotopic (exact) mass is 485 g/mol. The molecule has 0 spiro atoms. The molecular formula is C27H24FN5O3. The molecule has 0 unspecified atom stereocenters. The summed E-state index contributed by atoms with van der Waals surface area (Å²) in [6, 6.07) is 15.9. The Kier molecular flexibility index (Phi) is 7.62. The van der Waals surface area contributed by atoms with Gasteiger partial charge < -0.3 is 20.3 Å². The van der Waals surface area contributed by atoms with Crippen LogP contribution in [0, 0.1) is 5.82 Å². The number of amides is 2. The molecule has 8 nitrogen and oxygen atoms in total. The SMILES string of the molecule is CN(C)C/C=C/C(=O)Nc1ccc2nccc(Oc3ccc(C(=O)Nc4cc(F)ccn4)cc3)c2c1. The third kappa shape index (κ3) is 6.49. The lowest BCUT2D eigenvalue weighted by Crippen LogP contribution is -2.13. The van der Waals surface area contributed by atoms with E-state index < -0.39 is 11.7 Å². The van der Waals surface area contributed by atoms with Crippen molar-refractivity contribution in [3.05, 3.63) is 96.6 Å². The fourth-order valence-electron chi connectivity index (χ4n) is 3.31. The molecule has 36 heavy (non-hydrogen) atoms. The first-order valence-corrected chi connectivity index (χ1v) is 11.1. The summed E-state index contributed by atoms with van der Waals surface area (Å²) in [6.07, 6.45) is 6.19. The first kappa shape index (κ1) is 24.5. The minimum Gasteiger partial charge on any atom is -0.457 e. The number of hydrogen-bond acceptors (Lipinski definition) is 6. The van der Waals surface area contributed by atoms with E-state index in [0.29, 0.717) is 40.2 Å². The maximum Gasteiger partial charge on any atom is 0.256 e. The number of carbonyl (C=O) groups excluding carboxylic acids is 2. The van der Waals surface area contributed by atoms with Gasteiger partial charge in [-0.1, -0.05) is 6.08 Å². The van der Waals surface area contributed by atoms with Crippen molar-refractivity contribution in [1.29, 1.82) is 0 Å². The zero-order chi connectivity index (χ0) is 25.5. The molecule has 9 heteroatoms. The molecule has 0 saturated carbocycles. The average molecular weight is 486 g/mol. The van der Waals surface area contributed by atoms with Crippen molar-refractivity contribution >= 4 is 34.2 Å². The maximum absolute atomic E-state index is 13.3. The molecule has 4 aromatic rings. The molecule has 0 saturated heterocycles. The molecule has 182 valence electrons. The van der Waals surface area contributed by atoms with E-state index in [1.165, 1.54) is 18.3 Å². The van der Waals surface area contributed by atoms with E-state index in [4.69, 9.17) is 4.74 Å². The van der Waals surface area contributed by atoms with Crippen LogP contribution >= 0.6 is 0 Å². The topological polar surface area (TPSA) is 96.5 Å². The Morgan fingerprint density at radius 1 is 0.972 bits per heavy atom. The number of ether oxygens (including phenoxy) is 1. The van der Waals surface area contributed by atoms with E-state index in [1.807, 2.05) is 19.0 Å². The Bertz CT molecular complexity index is 1420. The van der Waals surface area contributed by atoms with Crippen molar-refractivity contribution < 1.29 is 18.7 Å².